The van der Waals surface area contributed by atoms with Crippen molar-refractivity contribution < 1.29 is 27.5 Å². The van der Waals surface area contributed by atoms with E-state index in [0.717, 1.165) is 12.1 Å². The third kappa shape index (κ3) is 2.56. The number of oxazole rings is 1. The Morgan fingerprint density at radius 3 is 2.47 bits per heavy atom. The molecule has 2 heterocycles. The minimum Gasteiger partial charge on any atom is -0.476 e. The molecule has 1 N–H and O–H groups in total. The van der Waals surface area contributed by atoms with Crippen molar-refractivity contribution in [2.24, 2.45) is 0 Å². The van der Waals surface area contributed by atoms with Crippen LogP contribution in [0, 0.1) is 6.92 Å². The average Bonchev–Trinajstić information content (AvgIpc) is 2.70. The minimum atomic E-state index is -4.48. The molecule has 5 nitrogen and oxygen atoms in total. The molecular formula is C11H7F3N2O3. The predicted octanol–water partition coefficient (Wildman–Crippen LogP) is 2.76. The number of carboxylic acids is 1. The Bertz CT molecular complexity index is 617. The molecule has 0 atom stereocenters. The minimum absolute atomic E-state index is 0.0311. The molecule has 0 radical (unpaired) electrons. The van der Waals surface area contributed by atoms with Gasteiger partial charge in [-0.05, 0) is 19.1 Å². The van der Waals surface area contributed by atoms with Gasteiger partial charge in [0.15, 0.2) is 5.69 Å². The van der Waals surface area contributed by atoms with Crippen LogP contribution in [0.15, 0.2) is 22.7 Å². The quantitative estimate of drug-likeness (QED) is 0.909. The molecule has 0 unspecified atom stereocenters. The molecule has 0 fully saturated rings. The van der Waals surface area contributed by atoms with Crippen LogP contribution in [0.2, 0.25) is 0 Å². The van der Waals surface area contributed by atoms with Crippen LogP contribution in [0.3, 0.4) is 0 Å². The summed E-state index contributed by atoms with van der Waals surface area (Å²) in [5, 5.41) is 8.79. The number of carbonyl (C=O) groups is 1. The molecule has 19 heavy (non-hydrogen) atoms. The summed E-state index contributed by atoms with van der Waals surface area (Å²) in [6.45, 7) is 1.39. The Balaban J connectivity index is 2.38. The van der Waals surface area contributed by atoms with Crippen LogP contribution in [0.5, 0.6) is 0 Å². The lowest BCUT2D eigenvalue weighted by atomic mass is 10.2. The van der Waals surface area contributed by atoms with Crippen LogP contribution in [-0.4, -0.2) is 21.0 Å². The normalized spacial score (nSPS) is 11.6. The Morgan fingerprint density at radius 1 is 1.37 bits per heavy atom. The molecule has 0 saturated heterocycles. The number of carboxylic acid groups (broad SMARTS) is 1. The summed E-state index contributed by atoms with van der Waals surface area (Å²) in [5.41, 5.74) is -1.17. The summed E-state index contributed by atoms with van der Waals surface area (Å²) >= 11 is 0. The highest BCUT2D eigenvalue weighted by Crippen LogP contribution is 2.29. The van der Waals surface area contributed by atoms with Crippen molar-refractivity contribution in [2.75, 3.05) is 0 Å². The zero-order chi connectivity index (χ0) is 14.2. The van der Waals surface area contributed by atoms with Crippen molar-refractivity contribution in [2.45, 2.75) is 13.1 Å². The first-order valence-electron chi connectivity index (χ1n) is 5.03. The lowest BCUT2D eigenvalue weighted by Crippen LogP contribution is -2.05. The number of aromatic carboxylic acids is 1. The zero-order valence-corrected chi connectivity index (χ0v) is 9.52. The van der Waals surface area contributed by atoms with Crippen LogP contribution < -0.4 is 0 Å². The lowest BCUT2D eigenvalue weighted by Gasteiger charge is -2.05. The van der Waals surface area contributed by atoms with Gasteiger partial charge >= 0.3 is 12.1 Å². The molecule has 0 spiro atoms. The highest BCUT2D eigenvalue weighted by Gasteiger charge is 2.31. The SMILES string of the molecule is Cc1oc(-c2ccc(C(F)(F)F)cn2)nc1C(=O)O. The van der Waals surface area contributed by atoms with Gasteiger partial charge in [0.1, 0.15) is 11.5 Å². The van der Waals surface area contributed by atoms with Gasteiger partial charge in [-0.15, -0.1) is 0 Å². The van der Waals surface area contributed by atoms with Gasteiger partial charge in [-0.3, -0.25) is 4.98 Å². The maximum atomic E-state index is 12.3. The van der Waals surface area contributed by atoms with E-state index in [2.05, 4.69) is 9.97 Å². The molecule has 8 heteroatoms. The van der Waals surface area contributed by atoms with E-state index in [-0.39, 0.29) is 23.0 Å². The Morgan fingerprint density at radius 2 is 2.05 bits per heavy atom. The molecular weight excluding hydrogens is 265 g/mol. The average molecular weight is 272 g/mol. The van der Waals surface area contributed by atoms with E-state index < -0.39 is 17.7 Å². The van der Waals surface area contributed by atoms with E-state index in [9.17, 15) is 18.0 Å². The molecule has 100 valence electrons. The van der Waals surface area contributed by atoms with Crippen molar-refractivity contribution >= 4 is 5.97 Å². The van der Waals surface area contributed by atoms with Gasteiger partial charge in [0.25, 0.3) is 0 Å². The topological polar surface area (TPSA) is 76.2 Å². The van der Waals surface area contributed by atoms with E-state index >= 15 is 0 Å². The summed E-state index contributed by atoms with van der Waals surface area (Å²) in [6.07, 6.45) is -3.85. The summed E-state index contributed by atoms with van der Waals surface area (Å²) in [7, 11) is 0. The van der Waals surface area contributed by atoms with Crippen molar-refractivity contribution in [1.82, 2.24) is 9.97 Å². The highest BCUT2D eigenvalue weighted by molar-refractivity contribution is 5.86. The van der Waals surface area contributed by atoms with Crippen LogP contribution in [0.25, 0.3) is 11.6 Å². The summed E-state index contributed by atoms with van der Waals surface area (Å²) in [5.74, 6) is -1.35. The van der Waals surface area contributed by atoms with Crippen LogP contribution in [0.4, 0.5) is 13.2 Å². The second-order valence-electron chi connectivity index (χ2n) is 3.66. The van der Waals surface area contributed by atoms with Crippen molar-refractivity contribution in [1.29, 1.82) is 0 Å². The number of hydrogen-bond acceptors (Lipinski definition) is 4. The number of aromatic nitrogens is 2. The largest absolute Gasteiger partial charge is 0.476 e. The van der Waals surface area contributed by atoms with Gasteiger partial charge in [-0.1, -0.05) is 0 Å². The van der Waals surface area contributed by atoms with Gasteiger partial charge in [0, 0.05) is 6.20 Å². The van der Waals surface area contributed by atoms with Crippen molar-refractivity contribution in [3.05, 3.63) is 35.3 Å². The number of rotatable bonds is 2. The first-order chi connectivity index (χ1) is 8.79. The molecule has 2 rings (SSSR count). The van der Waals surface area contributed by atoms with Gasteiger partial charge in [0.05, 0.1) is 5.56 Å². The van der Waals surface area contributed by atoms with E-state index in [1.807, 2.05) is 0 Å². The van der Waals surface area contributed by atoms with Gasteiger partial charge in [-0.2, -0.15) is 13.2 Å². The number of nitrogens with zero attached hydrogens (tertiary/aromatic N) is 2. The van der Waals surface area contributed by atoms with E-state index in [1.54, 1.807) is 0 Å². The van der Waals surface area contributed by atoms with E-state index in [4.69, 9.17) is 9.52 Å². The number of aryl methyl sites for hydroxylation is 1. The maximum absolute atomic E-state index is 12.3. The zero-order valence-electron chi connectivity index (χ0n) is 9.52. The molecule has 0 aliphatic carbocycles. The third-order valence-electron chi connectivity index (χ3n) is 2.31. The number of halogens is 3. The Hall–Kier alpha value is -2.38. The fourth-order valence-electron chi connectivity index (χ4n) is 1.39. The standard InChI is InChI=1S/C11H7F3N2O3/c1-5-8(10(17)18)16-9(19-5)7-3-2-6(4-15-7)11(12,13)14/h2-4H,1H3,(H,17,18). The second kappa shape index (κ2) is 4.38. The number of pyridine rings is 1. The lowest BCUT2D eigenvalue weighted by molar-refractivity contribution is -0.137. The van der Waals surface area contributed by atoms with Gasteiger partial charge in [-0.25, -0.2) is 9.78 Å². The Kier molecular flexibility index (Phi) is 3.01. The van der Waals surface area contributed by atoms with Crippen LogP contribution in [0.1, 0.15) is 21.8 Å². The van der Waals surface area contributed by atoms with Gasteiger partial charge in [0.2, 0.25) is 5.89 Å². The molecule has 2 aromatic heterocycles. The van der Waals surface area contributed by atoms with Crippen LogP contribution >= 0.6 is 0 Å². The smallest absolute Gasteiger partial charge is 0.417 e. The molecule has 0 bridgehead atoms. The summed E-state index contributed by atoms with van der Waals surface area (Å²) < 4.78 is 42.1. The summed E-state index contributed by atoms with van der Waals surface area (Å²) in [4.78, 5) is 18.0. The monoisotopic (exact) mass is 272 g/mol. The first-order valence-corrected chi connectivity index (χ1v) is 5.03. The first kappa shape index (κ1) is 13.1. The molecule has 0 aromatic carbocycles. The van der Waals surface area contributed by atoms with E-state index in [1.165, 1.54) is 6.92 Å². The van der Waals surface area contributed by atoms with Crippen LogP contribution in [-0.2, 0) is 6.18 Å². The Labute approximate surface area is 104 Å². The maximum Gasteiger partial charge on any atom is 0.417 e. The van der Waals surface area contributed by atoms with E-state index in [0.29, 0.717) is 6.20 Å². The van der Waals surface area contributed by atoms with Gasteiger partial charge < -0.3 is 9.52 Å². The molecule has 0 amide bonds. The molecule has 2 aromatic rings. The fourth-order valence-corrected chi connectivity index (χ4v) is 1.39. The molecule has 0 aliphatic rings. The summed E-state index contributed by atoms with van der Waals surface area (Å²) in [6, 6.07) is 1.89. The fraction of sp³-hybridized carbons (Fsp3) is 0.182. The van der Waals surface area contributed by atoms with Crippen molar-refractivity contribution in [3.8, 4) is 11.6 Å². The number of alkyl halides is 3. The highest BCUT2D eigenvalue weighted by atomic mass is 19.4. The third-order valence-corrected chi connectivity index (χ3v) is 2.31. The second-order valence-corrected chi connectivity index (χ2v) is 3.66. The molecule has 0 saturated carbocycles. The predicted molar refractivity (Wildman–Crippen MR) is 56.4 cm³/mol. The molecule has 0 aliphatic heterocycles. The van der Waals surface area contributed by atoms with Crippen molar-refractivity contribution in [3.63, 3.8) is 0 Å². The number of hydrogen-bond donors (Lipinski definition) is 1.